The predicted molar refractivity (Wildman–Crippen MR) is 84.4 cm³/mol. The Bertz CT molecular complexity index is 838. The fraction of sp³-hybridized carbons (Fsp3) is 0.562. The van der Waals surface area contributed by atoms with Crippen LogP contribution in [0.3, 0.4) is 0 Å². The lowest BCUT2D eigenvalue weighted by Gasteiger charge is -2.29. The second kappa shape index (κ2) is 4.98. The summed E-state index contributed by atoms with van der Waals surface area (Å²) in [5, 5.41) is 5.15. The Morgan fingerprint density at radius 2 is 1.96 bits per heavy atom. The highest BCUT2D eigenvalue weighted by Gasteiger charge is 2.78. The summed E-state index contributed by atoms with van der Waals surface area (Å²) in [6, 6.07) is 2.64. The number of nitrogens with zero attached hydrogens (tertiary/aromatic N) is 1. The molecule has 1 aliphatic carbocycles. The number of alkyl halides is 2. The molecule has 2 aliphatic rings. The largest absolute Gasteiger partial charge is 0.338 e. The summed E-state index contributed by atoms with van der Waals surface area (Å²) in [4.78, 5) is 14.0. The zero-order chi connectivity index (χ0) is 18.1. The molecule has 24 heavy (non-hydrogen) atoms. The molecule has 1 heterocycles. The van der Waals surface area contributed by atoms with E-state index in [0.717, 1.165) is 0 Å². The third kappa shape index (κ3) is 2.35. The average molecular weight is 358 g/mol. The molecule has 2 unspecified atom stereocenters. The van der Waals surface area contributed by atoms with Crippen LogP contribution in [0.25, 0.3) is 0 Å². The van der Waals surface area contributed by atoms with Crippen molar-refractivity contribution < 1.29 is 22.0 Å². The maximum Gasteiger partial charge on any atom is 0.259 e. The SMILES string of the molecule is Cc1cc(S(N)(=O)=O)cc(C(=O)N2CCC3(C)C(C2)C3(F)F)c1C. The van der Waals surface area contributed by atoms with Gasteiger partial charge in [-0.2, -0.15) is 0 Å². The Labute approximate surface area is 139 Å². The molecular weight excluding hydrogens is 338 g/mol. The summed E-state index contributed by atoms with van der Waals surface area (Å²) >= 11 is 0. The van der Waals surface area contributed by atoms with Gasteiger partial charge < -0.3 is 4.90 Å². The molecule has 1 saturated carbocycles. The Morgan fingerprint density at radius 3 is 2.50 bits per heavy atom. The van der Waals surface area contributed by atoms with Crippen LogP contribution in [0.15, 0.2) is 17.0 Å². The summed E-state index contributed by atoms with van der Waals surface area (Å²) in [6.45, 7) is 5.16. The molecule has 1 saturated heterocycles. The van der Waals surface area contributed by atoms with Gasteiger partial charge in [-0.1, -0.05) is 6.92 Å². The van der Waals surface area contributed by atoms with Crippen molar-refractivity contribution in [1.29, 1.82) is 0 Å². The maximum absolute atomic E-state index is 13.9. The van der Waals surface area contributed by atoms with Crippen molar-refractivity contribution >= 4 is 15.9 Å². The van der Waals surface area contributed by atoms with Gasteiger partial charge in [-0.05, 0) is 43.5 Å². The summed E-state index contributed by atoms with van der Waals surface area (Å²) in [5.74, 6) is -3.99. The van der Waals surface area contributed by atoms with Crippen molar-refractivity contribution in [3.05, 3.63) is 28.8 Å². The molecule has 2 fully saturated rings. The van der Waals surface area contributed by atoms with E-state index in [1.54, 1.807) is 20.8 Å². The van der Waals surface area contributed by atoms with Gasteiger partial charge in [0.25, 0.3) is 11.8 Å². The molecule has 5 nitrogen and oxygen atoms in total. The standard InChI is InChI=1S/C16H20F2N2O3S/c1-9-6-11(24(19,22)23)7-12(10(9)2)14(21)20-5-4-15(3)13(8-20)16(15,17)18/h6-7,13H,4-5,8H2,1-3H3,(H2,19,22,23). The number of fused-ring (bicyclic) bond motifs is 1. The number of primary sulfonamides is 1. The van der Waals surface area contributed by atoms with Gasteiger partial charge in [-0.25, -0.2) is 22.3 Å². The third-order valence-electron chi connectivity index (χ3n) is 5.68. The van der Waals surface area contributed by atoms with Crippen LogP contribution in [-0.4, -0.2) is 38.2 Å². The molecule has 0 spiro atoms. The van der Waals surface area contributed by atoms with E-state index in [0.29, 0.717) is 11.1 Å². The fourth-order valence-electron chi connectivity index (χ4n) is 3.58. The van der Waals surface area contributed by atoms with Gasteiger partial charge in [0.05, 0.1) is 10.8 Å². The van der Waals surface area contributed by atoms with Crippen LogP contribution in [0, 0.1) is 25.2 Å². The first-order valence-corrected chi connectivity index (χ1v) is 9.25. The van der Waals surface area contributed by atoms with Gasteiger partial charge in [0, 0.05) is 24.1 Å². The van der Waals surface area contributed by atoms with Crippen molar-refractivity contribution in [3.63, 3.8) is 0 Å². The van der Waals surface area contributed by atoms with Crippen LogP contribution in [0.4, 0.5) is 8.78 Å². The minimum Gasteiger partial charge on any atom is -0.338 e. The Kier molecular flexibility index (Phi) is 3.59. The lowest BCUT2D eigenvalue weighted by Crippen LogP contribution is -2.39. The normalized spacial score (nSPS) is 28.4. The molecule has 0 bridgehead atoms. The van der Waals surface area contributed by atoms with E-state index >= 15 is 0 Å². The molecule has 132 valence electrons. The van der Waals surface area contributed by atoms with Crippen LogP contribution in [0.2, 0.25) is 0 Å². The van der Waals surface area contributed by atoms with Crippen LogP contribution < -0.4 is 5.14 Å². The van der Waals surface area contributed by atoms with Gasteiger partial charge in [0.15, 0.2) is 0 Å². The van der Waals surface area contributed by atoms with Gasteiger partial charge >= 0.3 is 0 Å². The highest BCUT2D eigenvalue weighted by atomic mass is 32.2. The summed E-state index contributed by atoms with van der Waals surface area (Å²) in [6.07, 6.45) is 0.239. The maximum atomic E-state index is 13.9. The van der Waals surface area contributed by atoms with E-state index in [1.165, 1.54) is 17.0 Å². The number of aryl methyl sites for hydroxylation is 1. The molecule has 3 rings (SSSR count). The molecule has 1 aromatic rings. The van der Waals surface area contributed by atoms with Crippen LogP contribution in [0.5, 0.6) is 0 Å². The zero-order valence-electron chi connectivity index (χ0n) is 13.8. The minimum absolute atomic E-state index is 0.0135. The van der Waals surface area contributed by atoms with Crippen LogP contribution >= 0.6 is 0 Å². The fourth-order valence-corrected chi connectivity index (χ4v) is 4.20. The van der Waals surface area contributed by atoms with Gasteiger partial charge in [0.2, 0.25) is 10.0 Å². The Hall–Kier alpha value is -1.54. The number of benzene rings is 1. The summed E-state index contributed by atoms with van der Waals surface area (Å²) in [7, 11) is -3.95. The number of carbonyl (C=O) groups is 1. The number of nitrogens with two attached hydrogens (primary N) is 1. The molecule has 8 heteroatoms. The molecule has 2 atom stereocenters. The van der Waals surface area contributed by atoms with Crippen molar-refractivity contribution in [1.82, 2.24) is 4.90 Å². The first kappa shape index (κ1) is 17.3. The monoisotopic (exact) mass is 358 g/mol. The van der Waals surface area contributed by atoms with E-state index in [1.807, 2.05) is 0 Å². The molecular formula is C16H20F2N2O3S. The summed E-state index contributed by atoms with van der Waals surface area (Å²) in [5.41, 5.74) is 0.426. The summed E-state index contributed by atoms with van der Waals surface area (Å²) < 4.78 is 50.9. The van der Waals surface area contributed by atoms with Crippen molar-refractivity contribution in [2.24, 2.45) is 16.5 Å². The molecule has 2 N–H and O–H groups in total. The highest BCUT2D eigenvalue weighted by molar-refractivity contribution is 7.89. The third-order valence-corrected chi connectivity index (χ3v) is 6.57. The van der Waals surface area contributed by atoms with E-state index in [4.69, 9.17) is 5.14 Å². The number of halogens is 2. The number of hydrogen-bond donors (Lipinski definition) is 1. The smallest absolute Gasteiger partial charge is 0.259 e. The second-order valence-electron chi connectivity index (χ2n) is 7.05. The van der Waals surface area contributed by atoms with Gasteiger partial charge in [-0.3, -0.25) is 4.79 Å². The molecule has 0 radical (unpaired) electrons. The number of carbonyl (C=O) groups excluding carboxylic acids is 1. The van der Waals surface area contributed by atoms with E-state index in [2.05, 4.69) is 0 Å². The highest BCUT2D eigenvalue weighted by Crippen LogP contribution is 2.69. The predicted octanol–water partition coefficient (Wildman–Crippen LogP) is 2.07. The topological polar surface area (TPSA) is 80.5 Å². The van der Waals surface area contributed by atoms with Gasteiger partial charge in [-0.15, -0.1) is 0 Å². The van der Waals surface area contributed by atoms with Crippen LogP contribution in [-0.2, 0) is 10.0 Å². The Balaban J connectivity index is 1.93. The lowest BCUT2D eigenvalue weighted by atomic mass is 9.96. The van der Waals surface area contributed by atoms with Crippen LogP contribution in [0.1, 0.15) is 34.8 Å². The van der Waals surface area contributed by atoms with Crippen molar-refractivity contribution in [3.8, 4) is 0 Å². The van der Waals surface area contributed by atoms with Crippen molar-refractivity contribution in [2.45, 2.75) is 38.0 Å². The minimum atomic E-state index is -3.95. The number of hydrogen-bond acceptors (Lipinski definition) is 3. The average Bonchev–Trinajstić information content (AvgIpc) is 2.92. The molecule has 1 aromatic carbocycles. The Morgan fingerprint density at radius 1 is 1.33 bits per heavy atom. The van der Waals surface area contributed by atoms with E-state index < -0.39 is 33.2 Å². The zero-order valence-corrected chi connectivity index (χ0v) is 14.6. The number of piperidine rings is 1. The molecule has 1 amide bonds. The number of sulfonamides is 1. The number of rotatable bonds is 2. The first-order valence-electron chi connectivity index (χ1n) is 7.71. The number of amides is 1. The van der Waals surface area contributed by atoms with E-state index in [9.17, 15) is 22.0 Å². The lowest BCUT2D eigenvalue weighted by molar-refractivity contribution is 0.0635. The van der Waals surface area contributed by atoms with Gasteiger partial charge in [0.1, 0.15) is 0 Å². The molecule has 0 aromatic heterocycles. The second-order valence-corrected chi connectivity index (χ2v) is 8.61. The van der Waals surface area contributed by atoms with Crippen molar-refractivity contribution in [2.75, 3.05) is 13.1 Å². The molecule has 1 aliphatic heterocycles. The number of likely N-dealkylation sites (tertiary alicyclic amines) is 1. The first-order chi connectivity index (χ1) is 10.9. The quantitative estimate of drug-likeness (QED) is 0.879. The van der Waals surface area contributed by atoms with E-state index in [-0.39, 0.29) is 30.0 Å².